The first-order valence-electron chi connectivity index (χ1n) is 7.73. The Labute approximate surface area is 139 Å². The van der Waals surface area contributed by atoms with Gasteiger partial charge in [0.1, 0.15) is 6.54 Å². The van der Waals surface area contributed by atoms with Gasteiger partial charge in [-0.15, -0.1) is 0 Å². The Kier molecular flexibility index (Phi) is 5.98. The molecule has 0 aliphatic carbocycles. The van der Waals surface area contributed by atoms with Crippen LogP contribution in [0, 0.1) is 0 Å². The highest BCUT2D eigenvalue weighted by Crippen LogP contribution is 2.30. The smallest absolute Gasteiger partial charge is 0.324 e. The standard InChI is InChI=1S/C18H19F3N2O/c1-2-23(12-14-7-4-3-5-8-14)13-17(24)22-16-10-6-9-15(11-16)18(19,20)21/h3-11H,2,12-13H2,1H3,(H,22,24)/p+1. The first-order valence-corrected chi connectivity index (χ1v) is 7.73. The molecule has 0 fully saturated rings. The highest BCUT2D eigenvalue weighted by molar-refractivity contribution is 5.91. The van der Waals surface area contributed by atoms with Crippen molar-refractivity contribution in [2.45, 2.75) is 19.6 Å². The molecule has 0 spiro atoms. The van der Waals surface area contributed by atoms with Gasteiger partial charge in [-0.05, 0) is 25.1 Å². The first kappa shape index (κ1) is 18.0. The Morgan fingerprint density at radius 3 is 2.42 bits per heavy atom. The monoisotopic (exact) mass is 337 g/mol. The van der Waals surface area contributed by atoms with Gasteiger partial charge in [0.05, 0.1) is 12.1 Å². The maximum Gasteiger partial charge on any atom is 0.416 e. The minimum Gasteiger partial charge on any atom is -0.324 e. The lowest BCUT2D eigenvalue weighted by molar-refractivity contribution is -0.903. The van der Waals surface area contributed by atoms with Crippen molar-refractivity contribution in [1.29, 1.82) is 0 Å². The molecule has 0 heterocycles. The van der Waals surface area contributed by atoms with E-state index in [1.165, 1.54) is 12.1 Å². The minimum atomic E-state index is -4.42. The van der Waals surface area contributed by atoms with Crippen LogP contribution in [0.1, 0.15) is 18.1 Å². The zero-order valence-electron chi connectivity index (χ0n) is 13.4. The highest BCUT2D eigenvalue weighted by atomic mass is 19.4. The number of halogens is 3. The zero-order valence-corrected chi connectivity index (χ0v) is 13.4. The van der Waals surface area contributed by atoms with Crippen LogP contribution in [0.2, 0.25) is 0 Å². The molecule has 2 rings (SSSR count). The van der Waals surface area contributed by atoms with Crippen molar-refractivity contribution in [3.05, 3.63) is 65.7 Å². The van der Waals surface area contributed by atoms with E-state index in [9.17, 15) is 18.0 Å². The topological polar surface area (TPSA) is 33.5 Å². The lowest BCUT2D eigenvalue weighted by atomic mass is 10.2. The molecule has 6 heteroatoms. The molecule has 0 aliphatic rings. The van der Waals surface area contributed by atoms with Gasteiger partial charge in [0.15, 0.2) is 6.54 Å². The van der Waals surface area contributed by atoms with Crippen molar-refractivity contribution >= 4 is 11.6 Å². The predicted octanol–water partition coefficient (Wildman–Crippen LogP) is 2.75. The van der Waals surface area contributed by atoms with Gasteiger partial charge < -0.3 is 10.2 Å². The number of hydrogen-bond acceptors (Lipinski definition) is 1. The summed E-state index contributed by atoms with van der Waals surface area (Å²) in [5.41, 5.74) is 0.496. The number of amides is 1. The summed E-state index contributed by atoms with van der Waals surface area (Å²) in [6.45, 7) is 3.59. The highest BCUT2D eigenvalue weighted by Gasteiger charge is 2.30. The number of carbonyl (C=O) groups excluding carboxylic acids is 1. The van der Waals surface area contributed by atoms with Crippen LogP contribution in [0.4, 0.5) is 18.9 Å². The van der Waals surface area contributed by atoms with E-state index in [1.54, 1.807) is 0 Å². The average molecular weight is 337 g/mol. The molecular weight excluding hydrogens is 317 g/mol. The fourth-order valence-electron chi connectivity index (χ4n) is 2.40. The number of anilines is 1. The predicted molar refractivity (Wildman–Crippen MR) is 86.6 cm³/mol. The molecule has 2 aromatic carbocycles. The Balaban J connectivity index is 1.96. The SMILES string of the molecule is CC[NH+](CC(=O)Nc1cccc(C(F)(F)F)c1)Cc1ccccc1. The third-order valence-electron chi connectivity index (χ3n) is 3.68. The third-order valence-corrected chi connectivity index (χ3v) is 3.68. The number of rotatable bonds is 6. The minimum absolute atomic E-state index is 0.157. The average Bonchev–Trinajstić information content (AvgIpc) is 2.54. The van der Waals surface area contributed by atoms with Gasteiger partial charge in [-0.1, -0.05) is 36.4 Å². The van der Waals surface area contributed by atoms with E-state index in [1.807, 2.05) is 37.3 Å². The van der Waals surface area contributed by atoms with E-state index in [2.05, 4.69) is 5.32 Å². The van der Waals surface area contributed by atoms with Gasteiger partial charge in [0, 0.05) is 11.3 Å². The summed E-state index contributed by atoms with van der Waals surface area (Å²) >= 11 is 0. The molecule has 3 nitrogen and oxygen atoms in total. The van der Waals surface area contributed by atoms with Gasteiger partial charge in [-0.3, -0.25) is 4.79 Å². The van der Waals surface area contributed by atoms with Crippen LogP contribution in [0.15, 0.2) is 54.6 Å². The maximum absolute atomic E-state index is 12.7. The molecule has 24 heavy (non-hydrogen) atoms. The van der Waals surface area contributed by atoms with E-state index < -0.39 is 11.7 Å². The number of alkyl halides is 3. The van der Waals surface area contributed by atoms with Crippen LogP contribution in [0.25, 0.3) is 0 Å². The van der Waals surface area contributed by atoms with Crippen molar-refractivity contribution in [3.63, 3.8) is 0 Å². The summed E-state index contributed by atoms with van der Waals surface area (Å²) in [6.07, 6.45) is -4.42. The molecular formula is C18H20F3N2O+. The van der Waals surface area contributed by atoms with Crippen LogP contribution in [-0.2, 0) is 17.5 Å². The van der Waals surface area contributed by atoms with E-state index >= 15 is 0 Å². The molecule has 0 aromatic heterocycles. The second-order valence-electron chi connectivity index (χ2n) is 5.57. The fraction of sp³-hybridized carbons (Fsp3) is 0.278. The number of carbonyl (C=O) groups is 1. The van der Waals surface area contributed by atoms with Crippen LogP contribution < -0.4 is 10.2 Å². The molecule has 2 N–H and O–H groups in total. The fourth-order valence-corrected chi connectivity index (χ4v) is 2.40. The molecule has 0 bridgehead atoms. The number of hydrogen-bond donors (Lipinski definition) is 2. The second kappa shape index (κ2) is 7.97. The van der Waals surface area contributed by atoms with Crippen molar-refractivity contribution in [2.24, 2.45) is 0 Å². The summed E-state index contributed by atoms with van der Waals surface area (Å²) < 4.78 is 38.1. The van der Waals surface area contributed by atoms with Crippen LogP contribution >= 0.6 is 0 Å². The first-order chi connectivity index (χ1) is 11.4. The van der Waals surface area contributed by atoms with Gasteiger partial charge in [-0.25, -0.2) is 0 Å². The molecule has 0 radical (unpaired) electrons. The number of nitrogens with one attached hydrogen (secondary N) is 2. The van der Waals surface area contributed by atoms with Gasteiger partial charge >= 0.3 is 6.18 Å². The van der Waals surface area contributed by atoms with E-state index in [0.29, 0.717) is 6.54 Å². The zero-order chi connectivity index (χ0) is 17.6. The molecule has 0 saturated carbocycles. The van der Waals surface area contributed by atoms with Crippen LogP contribution in [-0.4, -0.2) is 19.0 Å². The molecule has 1 atom stereocenters. The lowest BCUT2D eigenvalue weighted by Crippen LogP contribution is -3.11. The van der Waals surface area contributed by atoms with Crippen LogP contribution in [0.5, 0.6) is 0 Å². The van der Waals surface area contributed by atoms with Gasteiger partial charge in [0.2, 0.25) is 0 Å². The van der Waals surface area contributed by atoms with E-state index in [4.69, 9.17) is 0 Å². The summed E-state index contributed by atoms with van der Waals surface area (Å²) in [4.78, 5) is 13.2. The molecule has 1 amide bonds. The normalized spacial score (nSPS) is 12.7. The summed E-state index contributed by atoms with van der Waals surface area (Å²) in [6, 6.07) is 14.4. The Bertz CT molecular complexity index is 671. The Morgan fingerprint density at radius 1 is 1.08 bits per heavy atom. The summed E-state index contributed by atoms with van der Waals surface area (Å²) in [5.74, 6) is -0.304. The van der Waals surface area contributed by atoms with Gasteiger partial charge in [0.25, 0.3) is 5.91 Å². The van der Waals surface area contributed by atoms with E-state index in [0.717, 1.165) is 29.1 Å². The van der Waals surface area contributed by atoms with Gasteiger partial charge in [-0.2, -0.15) is 13.2 Å². The molecule has 1 unspecified atom stereocenters. The summed E-state index contributed by atoms with van der Waals surface area (Å²) in [7, 11) is 0. The number of likely N-dealkylation sites (N-methyl/N-ethyl adjacent to an activating group) is 1. The Morgan fingerprint density at radius 2 is 1.79 bits per heavy atom. The maximum atomic E-state index is 12.7. The lowest BCUT2D eigenvalue weighted by Gasteiger charge is -2.17. The Hall–Kier alpha value is -2.34. The van der Waals surface area contributed by atoms with Crippen molar-refractivity contribution in [2.75, 3.05) is 18.4 Å². The molecule has 0 aliphatic heterocycles. The quantitative estimate of drug-likeness (QED) is 0.835. The third kappa shape index (κ3) is 5.38. The van der Waals surface area contributed by atoms with Crippen molar-refractivity contribution in [1.82, 2.24) is 0 Å². The van der Waals surface area contributed by atoms with Crippen molar-refractivity contribution in [3.8, 4) is 0 Å². The molecule has 128 valence electrons. The summed E-state index contributed by atoms with van der Waals surface area (Å²) in [5, 5.41) is 2.55. The van der Waals surface area contributed by atoms with Crippen LogP contribution in [0.3, 0.4) is 0 Å². The molecule has 0 saturated heterocycles. The number of benzene rings is 2. The van der Waals surface area contributed by atoms with E-state index in [-0.39, 0.29) is 18.1 Å². The van der Waals surface area contributed by atoms with Crippen molar-refractivity contribution < 1.29 is 22.9 Å². The second-order valence-corrected chi connectivity index (χ2v) is 5.57. The number of quaternary nitrogens is 1. The largest absolute Gasteiger partial charge is 0.416 e. The molecule has 2 aromatic rings.